The van der Waals surface area contributed by atoms with Crippen LogP contribution in [0.1, 0.15) is 11.1 Å². The summed E-state index contributed by atoms with van der Waals surface area (Å²) in [6, 6.07) is 15.7. The summed E-state index contributed by atoms with van der Waals surface area (Å²) in [5.74, 6) is -0.280. The van der Waals surface area contributed by atoms with Gasteiger partial charge in [-0.25, -0.2) is 9.78 Å². The highest BCUT2D eigenvalue weighted by Crippen LogP contribution is 2.32. The molecule has 4 aromatic rings. The van der Waals surface area contributed by atoms with Gasteiger partial charge in [-0.05, 0) is 36.4 Å². The Morgan fingerprint density at radius 3 is 2.54 bits per heavy atom. The molecule has 0 unspecified atom stereocenters. The van der Waals surface area contributed by atoms with Gasteiger partial charge in [0.05, 0.1) is 36.9 Å². The molecule has 0 spiro atoms. The van der Waals surface area contributed by atoms with E-state index in [-0.39, 0.29) is 28.3 Å². The van der Waals surface area contributed by atoms with Gasteiger partial charge in [0, 0.05) is 11.1 Å². The Morgan fingerprint density at radius 2 is 1.81 bits per heavy atom. The van der Waals surface area contributed by atoms with E-state index in [0.717, 1.165) is 16.8 Å². The van der Waals surface area contributed by atoms with Crippen LogP contribution in [-0.2, 0) is 15.7 Å². The van der Waals surface area contributed by atoms with E-state index >= 15 is 0 Å². The molecule has 0 aliphatic heterocycles. The summed E-state index contributed by atoms with van der Waals surface area (Å²) in [6.45, 7) is -0.412. The number of halogens is 3. The van der Waals surface area contributed by atoms with Crippen LogP contribution >= 0.6 is 0 Å². The maximum Gasteiger partial charge on any atom is 0.416 e. The van der Waals surface area contributed by atoms with Crippen LogP contribution in [0.25, 0.3) is 22.3 Å². The lowest BCUT2D eigenvalue weighted by Gasteiger charge is -2.13. The van der Waals surface area contributed by atoms with Gasteiger partial charge in [-0.3, -0.25) is 4.79 Å². The van der Waals surface area contributed by atoms with Crippen LogP contribution in [0.15, 0.2) is 76.6 Å². The van der Waals surface area contributed by atoms with Crippen molar-refractivity contribution < 1.29 is 32.2 Å². The second-order valence-electron chi connectivity index (χ2n) is 7.64. The first-order chi connectivity index (χ1) is 17.7. The summed E-state index contributed by atoms with van der Waals surface area (Å²) in [6.07, 6.45) is -3.32. The molecular formula is C26H20F3N3O5. The molecule has 0 atom stereocenters. The predicted octanol–water partition coefficient (Wildman–Crippen LogP) is 4.52. The molecule has 0 saturated heterocycles. The molecule has 1 aromatic heterocycles. The number of carbonyl (C=O) groups excluding carboxylic acids is 1. The largest absolute Gasteiger partial charge is 0.493 e. The number of fused-ring (bicyclic) bond motifs is 1. The average molecular weight is 511 g/mol. The van der Waals surface area contributed by atoms with Crippen molar-refractivity contribution in [2.75, 3.05) is 20.8 Å². The van der Waals surface area contributed by atoms with E-state index in [1.165, 1.54) is 32.6 Å². The molecule has 0 radical (unpaired) electrons. The number of aromatic nitrogens is 2. The quantitative estimate of drug-likeness (QED) is 0.268. The average Bonchev–Trinajstić information content (AvgIpc) is 2.90. The number of carbonyl (C=O) groups is 1. The van der Waals surface area contributed by atoms with Gasteiger partial charge in [0.2, 0.25) is 0 Å². The van der Waals surface area contributed by atoms with Crippen LogP contribution < -0.4 is 15.0 Å². The van der Waals surface area contributed by atoms with Crippen LogP contribution in [-0.4, -0.2) is 42.7 Å². The summed E-state index contributed by atoms with van der Waals surface area (Å²) in [5.41, 5.74) is -0.806. The van der Waals surface area contributed by atoms with E-state index in [2.05, 4.69) is 14.8 Å². The molecule has 0 N–H and O–H groups in total. The molecule has 190 valence electrons. The Labute approximate surface area is 208 Å². The van der Waals surface area contributed by atoms with E-state index in [1.54, 1.807) is 42.5 Å². The zero-order valence-corrected chi connectivity index (χ0v) is 19.7. The maximum atomic E-state index is 13.4. The fraction of sp³-hybridized carbons (Fsp3) is 0.154. The molecule has 0 bridgehead atoms. The van der Waals surface area contributed by atoms with Crippen molar-refractivity contribution in [2.45, 2.75) is 6.18 Å². The molecule has 0 aliphatic rings. The van der Waals surface area contributed by atoms with E-state index in [4.69, 9.17) is 9.47 Å². The number of benzene rings is 3. The summed E-state index contributed by atoms with van der Waals surface area (Å²) in [7, 11) is 2.62. The number of nitrogens with zero attached hydrogens (tertiary/aromatic N) is 3. The van der Waals surface area contributed by atoms with Gasteiger partial charge >= 0.3 is 12.1 Å². The first kappa shape index (κ1) is 25.4. The lowest BCUT2D eigenvalue weighted by atomic mass is 10.1. The number of esters is 1. The fourth-order valence-corrected chi connectivity index (χ4v) is 3.51. The Kier molecular flexibility index (Phi) is 7.23. The number of rotatable bonds is 7. The van der Waals surface area contributed by atoms with Crippen LogP contribution in [0.4, 0.5) is 13.2 Å². The second kappa shape index (κ2) is 10.5. The monoisotopic (exact) mass is 511 g/mol. The Morgan fingerprint density at radius 1 is 1.05 bits per heavy atom. The Balaban J connectivity index is 1.88. The van der Waals surface area contributed by atoms with E-state index in [9.17, 15) is 22.8 Å². The third-order valence-corrected chi connectivity index (χ3v) is 5.31. The molecule has 1 heterocycles. The molecule has 0 fully saturated rings. The van der Waals surface area contributed by atoms with Gasteiger partial charge < -0.3 is 14.2 Å². The minimum atomic E-state index is -4.59. The summed E-state index contributed by atoms with van der Waals surface area (Å²) in [4.78, 5) is 29.4. The molecule has 0 amide bonds. The zero-order valence-electron chi connectivity index (χ0n) is 19.7. The molecule has 37 heavy (non-hydrogen) atoms. The zero-order chi connectivity index (χ0) is 26.6. The van der Waals surface area contributed by atoms with Crippen molar-refractivity contribution in [1.29, 1.82) is 0 Å². The lowest BCUT2D eigenvalue weighted by molar-refractivity contribution is -0.143. The van der Waals surface area contributed by atoms with Crippen LogP contribution in [0.2, 0.25) is 0 Å². The number of hydrogen-bond acceptors (Lipinski definition) is 7. The summed E-state index contributed by atoms with van der Waals surface area (Å²) < 4.78 is 56.5. The first-order valence-electron chi connectivity index (χ1n) is 10.8. The van der Waals surface area contributed by atoms with Crippen molar-refractivity contribution in [3.05, 3.63) is 88.2 Å². The summed E-state index contributed by atoms with van der Waals surface area (Å²) >= 11 is 0. The highest BCUT2D eigenvalue weighted by molar-refractivity contribution is 5.86. The Bertz CT molecular complexity index is 1550. The SMILES string of the molecule is COC(=O)COc1c(C=Nn2c(-c3cccc(C(F)(F)F)c3)nc3ccccc3c2=O)cccc1OC. The predicted molar refractivity (Wildman–Crippen MR) is 130 cm³/mol. The molecule has 3 aromatic carbocycles. The van der Waals surface area contributed by atoms with Crippen molar-refractivity contribution in [1.82, 2.24) is 9.66 Å². The lowest BCUT2D eigenvalue weighted by Crippen LogP contribution is -2.20. The molecule has 11 heteroatoms. The molecule has 0 saturated carbocycles. The Hall–Kier alpha value is -4.67. The van der Waals surface area contributed by atoms with Crippen molar-refractivity contribution in [3.8, 4) is 22.9 Å². The van der Waals surface area contributed by atoms with Crippen LogP contribution in [0.3, 0.4) is 0 Å². The smallest absolute Gasteiger partial charge is 0.416 e. The molecule has 8 nitrogen and oxygen atoms in total. The minimum absolute atomic E-state index is 0.0441. The molecule has 4 rings (SSSR count). The van der Waals surface area contributed by atoms with Crippen molar-refractivity contribution in [2.24, 2.45) is 5.10 Å². The molecular weight excluding hydrogens is 491 g/mol. The topological polar surface area (TPSA) is 92.0 Å². The van der Waals surface area contributed by atoms with Gasteiger partial charge in [-0.15, -0.1) is 0 Å². The number of alkyl halides is 3. The van der Waals surface area contributed by atoms with Gasteiger partial charge in [0.15, 0.2) is 23.9 Å². The van der Waals surface area contributed by atoms with E-state index < -0.39 is 29.9 Å². The maximum absolute atomic E-state index is 13.4. The number of hydrogen-bond donors (Lipinski definition) is 0. The van der Waals surface area contributed by atoms with E-state index in [1.807, 2.05) is 0 Å². The highest BCUT2D eigenvalue weighted by atomic mass is 19.4. The van der Waals surface area contributed by atoms with Crippen molar-refractivity contribution >= 4 is 23.1 Å². The van der Waals surface area contributed by atoms with Crippen molar-refractivity contribution in [3.63, 3.8) is 0 Å². The number of methoxy groups -OCH3 is 2. The second-order valence-corrected chi connectivity index (χ2v) is 7.64. The normalized spacial score (nSPS) is 11.6. The van der Waals surface area contributed by atoms with Gasteiger partial charge in [0.1, 0.15) is 0 Å². The van der Waals surface area contributed by atoms with Gasteiger partial charge in [-0.1, -0.05) is 30.3 Å². The van der Waals surface area contributed by atoms with Crippen LogP contribution in [0.5, 0.6) is 11.5 Å². The highest BCUT2D eigenvalue weighted by Gasteiger charge is 2.31. The van der Waals surface area contributed by atoms with Crippen LogP contribution in [0, 0.1) is 0 Å². The fourth-order valence-electron chi connectivity index (χ4n) is 3.51. The minimum Gasteiger partial charge on any atom is -0.493 e. The van der Waals surface area contributed by atoms with Gasteiger partial charge in [-0.2, -0.15) is 22.9 Å². The third kappa shape index (κ3) is 5.45. The molecule has 0 aliphatic carbocycles. The standard InChI is InChI=1S/C26H20F3N3O5/c1-35-21-12-6-8-17(23(21)37-15-22(33)36-2)14-30-32-24(16-7-5-9-18(13-16)26(27,28)29)31-20-11-4-3-10-19(20)25(32)34/h3-14H,15H2,1-2H3. The number of ether oxygens (including phenoxy) is 3. The van der Waals surface area contributed by atoms with E-state index in [0.29, 0.717) is 11.1 Å². The third-order valence-electron chi connectivity index (χ3n) is 5.31. The van der Waals surface area contributed by atoms with Gasteiger partial charge in [0.25, 0.3) is 5.56 Å². The number of para-hydroxylation sites is 2. The first-order valence-corrected chi connectivity index (χ1v) is 10.8. The summed E-state index contributed by atoms with van der Waals surface area (Å²) in [5, 5.41) is 4.49.